The summed E-state index contributed by atoms with van der Waals surface area (Å²) >= 11 is 0. The molecule has 0 aliphatic rings. The van der Waals surface area contributed by atoms with Gasteiger partial charge in [0, 0.05) is 17.3 Å². The van der Waals surface area contributed by atoms with Crippen molar-refractivity contribution >= 4 is 0 Å². The molecule has 0 fully saturated rings. The van der Waals surface area contributed by atoms with Gasteiger partial charge < -0.3 is 0 Å². The van der Waals surface area contributed by atoms with E-state index in [0.717, 1.165) is 12.8 Å². The molecular formula is C15H25N. The van der Waals surface area contributed by atoms with Crippen molar-refractivity contribution in [2.45, 2.75) is 59.8 Å². The quantitative estimate of drug-likeness (QED) is 0.736. The standard InChI is InChI=1S/C15H25N/c1-7-15(5,6)13-9-8-12(11-16-13)10-14(2,3)4/h8-9,11H,7,10H2,1-6H3. The van der Waals surface area contributed by atoms with Crippen LogP contribution in [0.1, 0.15) is 59.2 Å². The Balaban J connectivity index is 2.84. The number of aromatic nitrogens is 1. The Bertz CT molecular complexity index is 327. The fourth-order valence-electron chi connectivity index (χ4n) is 1.72. The lowest BCUT2D eigenvalue weighted by molar-refractivity contribution is 0.410. The van der Waals surface area contributed by atoms with Gasteiger partial charge in [-0.3, -0.25) is 4.98 Å². The normalized spacial score (nSPS) is 12.9. The van der Waals surface area contributed by atoms with Crippen LogP contribution in [-0.2, 0) is 11.8 Å². The average molecular weight is 219 g/mol. The van der Waals surface area contributed by atoms with Crippen LogP contribution in [0.3, 0.4) is 0 Å². The fourth-order valence-corrected chi connectivity index (χ4v) is 1.72. The molecule has 0 aliphatic heterocycles. The Morgan fingerprint density at radius 3 is 2.06 bits per heavy atom. The van der Waals surface area contributed by atoms with Crippen LogP contribution in [0.15, 0.2) is 18.3 Å². The van der Waals surface area contributed by atoms with Crippen LogP contribution >= 0.6 is 0 Å². The summed E-state index contributed by atoms with van der Waals surface area (Å²) in [5.74, 6) is 0. The van der Waals surface area contributed by atoms with Crippen LogP contribution in [0.2, 0.25) is 0 Å². The second-order valence-corrected chi connectivity index (χ2v) is 6.53. The summed E-state index contributed by atoms with van der Waals surface area (Å²) in [4.78, 5) is 4.61. The number of hydrogen-bond acceptors (Lipinski definition) is 1. The van der Waals surface area contributed by atoms with Gasteiger partial charge in [0.1, 0.15) is 0 Å². The summed E-state index contributed by atoms with van der Waals surface area (Å²) < 4.78 is 0. The maximum Gasteiger partial charge on any atom is 0.0459 e. The molecule has 0 spiro atoms. The maximum absolute atomic E-state index is 4.61. The highest BCUT2D eigenvalue weighted by Crippen LogP contribution is 2.26. The summed E-state index contributed by atoms with van der Waals surface area (Å²) in [6.07, 6.45) is 4.25. The summed E-state index contributed by atoms with van der Waals surface area (Å²) in [7, 11) is 0. The van der Waals surface area contributed by atoms with Crippen molar-refractivity contribution in [1.29, 1.82) is 0 Å². The molecule has 0 aromatic carbocycles. The minimum atomic E-state index is 0.195. The van der Waals surface area contributed by atoms with E-state index < -0.39 is 0 Å². The van der Waals surface area contributed by atoms with E-state index in [2.05, 4.69) is 58.7 Å². The van der Waals surface area contributed by atoms with Crippen LogP contribution in [-0.4, -0.2) is 4.98 Å². The highest BCUT2D eigenvalue weighted by Gasteiger charge is 2.19. The van der Waals surface area contributed by atoms with Crippen molar-refractivity contribution in [2.75, 3.05) is 0 Å². The van der Waals surface area contributed by atoms with Gasteiger partial charge in [-0.2, -0.15) is 0 Å². The molecule has 16 heavy (non-hydrogen) atoms. The molecule has 90 valence electrons. The van der Waals surface area contributed by atoms with Crippen LogP contribution < -0.4 is 0 Å². The molecule has 0 saturated heterocycles. The molecule has 0 atom stereocenters. The third kappa shape index (κ3) is 3.62. The largest absolute Gasteiger partial charge is 0.260 e. The predicted molar refractivity (Wildman–Crippen MR) is 70.7 cm³/mol. The predicted octanol–water partition coefficient (Wildman–Crippen LogP) is 4.36. The third-order valence-electron chi connectivity index (χ3n) is 3.14. The third-order valence-corrected chi connectivity index (χ3v) is 3.14. The average Bonchev–Trinajstić information content (AvgIpc) is 2.16. The molecule has 0 N–H and O–H groups in total. The van der Waals surface area contributed by atoms with Gasteiger partial charge in [0.25, 0.3) is 0 Å². The number of pyridine rings is 1. The Hall–Kier alpha value is -0.850. The summed E-state index contributed by atoms with van der Waals surface area (Å²) in [5, 5.41) is 0. The van der Waals surface area contributed by atoms with Crippen molar-refractivity contribution < 1.29 is 0 Å². The zero-order valence-corrected chi connectivity index (χ0v) is 11.6. The minimum Gasteiger partial charge on any atom is -0.260 e. The van der Waals surface area contributed by atoms with Crippen LogP contribution in [0.5, 0.6) is 0 Å². The van der Waals surface area contributed by atoms with Crippen LogP contribution in [0.4, 0.5) is 0 Å². The molecule has 0 aliphatic carbocycles. The summed E-state index contributed by atoms with van der Waals surface area (Å²) in [5.41, 5.74) is 3.07. The summed E-state index contributed by atoms with van der Waals surface area (Å²) in [6.45, 7) is 13.5. The smallest absolute Gasteiger partial charge is 0.0459 e. The number of rotatable bonds is 3. The first kappa shape index (κ1) is 13.2. The molecule has 0 unspecified atom stereocenters. The minimum absolute atomic E-state index is 0.195. The van der Waals surface area contributed by atoms with Gasteiger partial charge in [0.05, 0.1) is 0 Å². The molecule has 1 heteroatoms. The molecule has 1 nitrogen and oxygen atoms in total. The van der Waals surface area contributed by atoms with Crippen molar-refractivity contribution in [3.05, 3.63) is 29.6 Å². The molecular weight excluding hydrogens is 194 g/mol. The fraction of sp³-hybridized carbons (Fsp3) is 0.667. The number of hydrogen-bond donors (Lipinski definition) is 0. The van der Waals surface area contributed by atoms with Gasteiger partial charge in [-0.05, 0) is 29.9 Å². The van der Waals surface area contributed by atoms with E-state index in [9.17, 15) is 0 Å². The van der Waals surface area contributed by atoms with Gasteiger partial charge in [-0.1, -0.05) is 47.6 Å². The second-order valence-electron chi connectivity index (χ2n) is 6.53. The lowest BCUT2D eigenvalue weighted by atomic mass is 9.85. The van der Waals surface area contributed by atoms with Crippen molar-refractivity contribution in [3.63, 3.8) is 0 Å². The van der Waals surface area contributed by atoms with E-state index in [-0.39, 0.29) is 5.41 Å². The van der Waals surface area contributed by atoms with E-state index in [1.807, 2.05) is 6.20 Å². The Kier molecular flexibility index (Phi) is 3.77. The van der Waals surface area contributed by atoms with Gasteiger partial charge >= 0.3 is 0 Å². The van der Waals surface area contributed by atoms with E-state index in [1.165, 1.54) is 11.3 Å². The molecule has 0 amide bonds. The lowest BCUT2D eigenvalue weighted by Crippen LogP contribution is -2.17. The zero-order valence-electron chi connectivity index (χ0n) is 11.6. The number of nitrogens with zero attached hydrogens (tertiary/aromatic N) is 1. The lowest BCUT2D eigenvalue weighted by Gasteiger charge is -2.23. The molecule has 0 bridgehead atoms. The Labute approximate surface area is 100 Å². The Morgan fingerprint density at radius 1 is 1.06 bits per heavy atom. The molecule has 1 aromatic heterocycles. The first-order chi connectivity index (χ1) is 7.24. The first-order valence-electron chi connectivity index (χ1n) is 6.20. The maximum atomic E-state index is 4.61. The van der Waals surface area contributed by atoms with Crippen molar-refractivity contribution in [1.82, 2.24) is 4.98 Å². The van der Waals surface area contributed by atoms with E-state index in [4.69, 9.17) is 0 Å². The highest BCUT2D eigenvalue weighted by molar-refractivity contribution is 5.20. The SMILES string of the molecule is CCC(C)(C)c1ccc(CC(C)(C)C)cn1. The van der Waals surface area contributed by atoms with E-state index in [1.54, 1.807) is 0 Å². The van der Waals surface area contributed by atoms with Crippen molar-refractivity contribution in [2.24, 2.45) is 5.41 Å². The van der Waals surface area contributed by atoms with Crippen molar-refractivity contribution in [3.8, 4) is 0 Å². The second kappa shape index (κ2) is 4.57. The van der Waals surface area contributed by atoms with Gasteiger partial charge in [0.2, 0.25) is 0 Å². The van der Waals surface area contributed by atoms with Crippen LogP contribution in [0.25, 0.3) is 0 Å². The van der Waals surface area contributed by atoms with Gasteiger partial charge in [-0.15, -0.1) is 0 Å². The molecule has 1 rings (SSSR count). The molecule has 0 radical (unpaired) electrons. The molecule has 0 saturated carbocycles. The van der Waals surface area contributed by atoms with E-state index in [0.29, 0.717) is 5.41 Å². The van der Waals surface area contributed by atoms with E-state index >= 15 is 0 Å². The topological polar surface area (TPSA) is 12.9 Å². The summed E-state index contributed by atoms with van der Waals surface area (Å²) in [6, 6.07) is 4.41. The Morgan fingerprint density at radius 2 is 1.69 bits per heavy atom. The molecule has 1 heterocycles. The van der Waals surface area contributed by atoms with Gasteiger partial charge in [-0.25, -0.2) is 0 Å². The first-order valence-corrected chi connectivity index (χ1v) is 6.20. The van der Waals surface area contributed by atoms with Crippen LogP contribution in [0, 0.1) is 5.41 Å². The highest BCUT2D eigenvalue weighted by atomic mass is 14.7. The monoisotopic (exact) mass is 219 g/mol. The zero-order chi connectivity index (χ0) is 12.4. The van der Waals surface area contributed by atoms with Gasteiger partial charge in [0.15, 0.2) is 0 Å². The molecule has 1 aromatic rings.